The fraction of sp³-hybridized carbons (Fsp3) is 0.400. The van der Waals surface area contributed by atoms with Gasteiger partial charge in [0, 0.05) is 31.9 Å². The van der Waals surface area contributed by atoms with E-state index in [1.807, 2.05) is 18.2 Å². The molecule has 140 valence electrons. The number of carbonyl (C=O) groups excluding carboxylic acids is 1. The van der Waals surface area contributed by atoms with E-state index in [4.69, 9.17) is 9.97 Å². The standard InChI is InChI=1S/C20H23N5OS/c1-25(2)17(26)12-15-11-13(7-9-21-15)19-23-16-8-10-27-18(16)20(24-19)22-14-5-3-4-6-14/h7-11,14H,3-6,12H2,1-2H3,(H,22,23,24). The summed E-state index contributed by atoms with van der Waals surface area (Å²) in [4.78, 5) is 27.5. The van der Waals surface area contributed by atoms with Crippen LogP contribution in [0, 0.1) is 0 Å². The summed E-state index contributed by atoms with van der Waals surface area (Å²) in [5, 5.41) is 5.68. The number of anilines is 1. The van der Waals surface area contributed by atoms with Crippen LogP contribution in [-0.4, -0.2) is 45.9 Å². The lowest BCUT2D eigenvalue weighted by atomic mass is 10.1. The van der Waals surface area contributed by atoms with Gasteiger partial charge in [-0.1, -0.05) is 12.8 Å². The molecule has 1 aliphatic rings. The summed E-state index contributed by atoms with van der Waals surface area (Å²) in [5.41, 5.74) is 2.56. The molecule has 3 aromatic rings. The molecule has 27 heavy (non-hydrogen) atoms. The molecule has 0 aromatic carbocycles. The van der Waals surface area contributed by atoms with Crippen molar-refractivity contribution in [3.63, 3.8) is 0 Å². The maximum atomic E-state index is 12.0. The minimum absolute atomic E-state index is 0.0254. The third kappa shape index (κ3) is 3.93. The Bertz CT molecular complexity index is 962. The summed E-state index contributed by atoms with van der Waals surface area (Å²) in [6.45, 7) is 0. The number of nitrogens with one attached hydrogen (secondary N) is 1. The number of rotatable bonds is 5. The van der Waals surface area contributed by atoms with E-state index in [1.165, 1.54) is 25.7 Å². The highest BCUT2D eigenvalue weighted by atomic mass is 32.1. The van der Waals surface area contributed by atoms with Crippen LogP contribution in [0.1, 0.15) is 31.4 Å². The maximum Gasteiger partial charge on any atom is 0.228 e. The molecule has 0 radical (unpaired) electrons. The van der Waals surface area contributed by atoms with Crippen LogP contribution in [0.5, 0.6) is 0 Å². The van der Waals surface area contributed by atoms with Gasteiger partial charge in [0.1, 0.15) is 5.82 Å². The van der Waals surface area contributed by atoms with E-state index in [0.29, 0.717) is 11.9 Å². The number of carbonyl (C=O) groups is 1. The average Bonchev–Trinajstić information content (AvgIpc) is 3.33. The van der Waals surface area contributed by atoms with E-state index in [1.54, 1.807) is 36.5 Å². The number of hydrogen-bond acceptors (Lipinski definition) is 6. The number of fused-ring (bicyclic) bond motifs is 1. The van der Waals surface area contributed by atoms with E-state index >= 15 is 0 Å². The van der Waals surface area contributed by atoms with Crippen LogP contribution >= 0.6 is 11.3 Å². The first kappa shape index (κ1) is 17.9. The molecule has 1 amide bonds. The van der Waals surface area contributed by atoms with E-state index in [2.05, 4.69) is 15.7 Å². The highest BCUT2D eigenvalue weighted by Gasteiger charge is 2.18. The fourth-order valence-electron chi connectivity index (χ4n) is 3.38. The Labute approximate surface area is 162 Å². The summed E-state index contributed by atoms with van der Waals surface area (Å²) in [6.07, 6.45) is 6.93. The smallest absolute Gasteiger partial charge is 0.228 e. The van der Waals surface area contributed by atoms with Crippen molar-refractivity contribution >= 4 is 33.3 Å². The second-order valence-electron chi connectivity index (χ2n) is 7.16. The Hall–Kier alpha value is -2.54. The van der Waals surface area contributed by atoms with Gasteiger partial charge < -0.3 is 10.2 Å². The molecule has 0 atom stereocenters. The summed E-state index contributed by atoms with van der Waals surface area (Å²) in [6, 6.07) is 6.33. The quantitative estimate of drug-likeness (QED) is 0.729. The monoisotopic (exact) mass is 381 g/mol. The zero-order valence-electron chi connectivity index (χ0n) is 15.6. The summed E-state index contributed by atoms with van der Waals surface area (Å²) in [5.74, 6) is 1.61. The largest absolute Gasteiger partial charge is 0.366 e. The first-order valence-corrected chi connectivity index (χ1v) is 10.2. The number of likely N-dealkylation sites (N-methyl/N-ethyl adjacent to an activating group) is 1. The molecule has 0 bridgehead atoms. The summed E-state index contributed by atoms with van der Waals surface area (Å²) in [7, 11) is 3.50. The molecular weight excluding hydrogens is 358 g/mol. The van der Waals surface area contributed by atoms with Gasteiger partial charge in [-0.05, 0) is 36.4 Å². The first-order chi connectivity index (χ1) is 13.1. The Morgan fingerprint density at radius 3 is 2.85 bits per heavy atom. The fourth-order valence-corrected chi connectivity index (χ4v) is 4.16. The Morgan fingerprint density at radius 2 is 2.07 bits per heavy atom. The molecule has 3 aromatic heterocycles. The minimum Gasteiger partial charge on any atom is -0.366 e. The molecule has 0 saturated heterocycles. The molecule has 1 fully saturated rings. The van der Waals surface area contributed by atoms with Gasteiger partial charge in [0.05, 0.1) is 22.3 Å². The van der Waals surface area contributed by atoms with Gasteiger partial charge in [0.25, 0.3) is 0 Å². The molecule has 1 N–H and O–H groups in total. The van der Waals surface area contributed by atoms with Crippen molar-refractivity contribution in [3.05, 3.63) is 35.5 Å². The number of aromatic nitrogens is 3. The normalized spacial score (nSPS) is 14.6. The van der Waals surface area contributed by atoms with Gasteiger partial charge in [-0.15, -0.1) is 11.3 Å². The van der Waals surface area contributed by atoms with E-state index < -0.39 is 0 Å². The zero-order chi connectivity index (χ0) is 18.8. The number of hydrogen-bond donors (Lipinski definition) is 1. The van der Waals surface area contributed by atoms with Crippen LogP contribution in [-0.2, 0) is 11.2 Å². The van der Waals surface area contributed by atoms with Crippen LogP contribution in [0.4, 0.5) is 5.82 Å². The first-order valence-electron chi connectivity index (χ1n) is 9.27. The molecule has 0 aliphatic heterocycles. The molecule has 6 nitrogen and oxygen atoms in total. The predicted octanol–water partition coefficient (Wildman–Crippen LogP) is 3.74. The number of pyridine rings is 1. The number of thiophene rings is 1. The van der Waals surface area contributed by atoms with Gasteiger partial charge in [0.2, 0.25) is 5.91 Å². The van der Waals surface area contributed by atoms with E-state index in [9.17, 15) is 4.79 Å². The average molecular weight is 382 g/mol. The molecule has 0 unspecified atom stereocenters. The third-order valence-electron chi connectivity index (χ3n) is 4.91. The van der Waals surface area contributed by atoms with E-state index in [-0.39, 0.29) is 12.3 Å². The van der Waals surface area contributed by atoms with Crippen LogP contribution in [0.15, 0.2) is 29.8 Å². The van der Waals surface area contributed by atoms with Gasteiger partial charge in [-0.25, -0.2) is 9.97 Å². The van der Waals surface area contributed by atoms with E-state index in [0.717, 1.165) is 27.3 Å². The molecule has 0 spiro atoms. The van der Waals surface area contributed by atoms with Crippen LogP contribution in [0.25, 0.3) is 21.6 Å². The van der Waals surface area contributed by atoms with Crippen molar-refractivity contribution in [2.45, 2.75) is 38.1 Å². The maximum absolute atomic E-state index is 12.0. The van der Waals surface area contributed by atoms with Crippen molar-refractivity contribution < 1.29 is 4.79 Å². The second-order valence-corrected chi connectivity index (χ2v) is 8.07. The number of nitrogens with zero attached hydrogens (tertiary/aromatic N) is 4. The van der Waals surface area contributed by atoms with Crippen LogP contribution in [0.2, 0.25) is 0 Å². The highest BCUT2D eigenvalue weighted by molar-refractivity contribution is 7.17. The van der Waals surface area contributed by atoms with Gasteiger partial charge in [-0.3, -0.25) is 9.78 Å². The topological polar surface area (TPSA) is 71.0 Å². The summed E-state index contributed by atoms with van der Waals surface area (Å²) >= 11 is 1.67. The molecule has 3 heterocycles. The van der Waals surface area contributed by atoms with Crippen molar-refractivity contribution in [3.8, 4) is 11.4 Å². The molecular formula is C20H23N5OS. The van der Waals surface area contributed by atoms with Crippen molar-refractivity contribution in [2.24, 2.45) is 0 Å². The SMILES string of the molecule is CN(C)C(=O)Cc1cc(-c2nc(NC3CCCC3)c3sccc3n2)ccn1. The van der Waals surface area contributed by atoms with Crippen molar-refractivity contribution in [1.82, 2.24) is 19.9 Å². The van der Waals surface area contributed by atoms with Crippen molar-refractivity contribution in [1.29, 1.82) is 0 Å². The Kier molecular flexibility index (Phi) is 5.03. The van der Waals surface area contributed by atoms with Gasteiger partial charge in [0.15, 0.2) is 5.82 Å². The third-order valence-corrected chi connectivity index (χ3v) is 5.82. The number of amides is 1. The predicted molar refractivity (Wildman–Crippen MR) is 109 cm³/mol. The highest BCUT2D eigenvalue weighted by Crippen LogP contribution is 2.31. The zero-order valence-corrected chi connectivity index (χ0v) is 16.4. The van der Waals surface area contributed by atoms with Gasteiger partial charge >= 0.3 is 0 Å². The summed E-state index contributed by atoms with van der Waals surface area (Å²) < 4.78 is 1.10. The lowest BCUT2D eigenvalue weighted by Gasteiger charge is -2.14. The molecule has 1 aliphatic carbocycles. The molecule has 4 rings (SSSR count). The Balaban J connectivity index is 1.68. The lowest BCUT2D eigenvalue weighted by Crippen LogP contribution is -2.23. The minimum atomic E-state index is 0.0254. The van der Waals surface area contributed by atoms with Crippen LogP contribution in [0.3, 0.4) is 0 Å². The van der Waals surface area contributed by atoms with Crippen molar-refractivity contribution in [2.75, 3.05) is 19.4 Å². The molecule has 7 heteroatoms. The Morgan fingerprint density at radius 1 is 1.26 bits per heavy atom. The molecule has 1 saturated carbocycles. The van der Waals surface area contributed by atoms with Gasteiger partial charge in [-0.2, -0.15) is 0 Å². The lowest BCUT2D eigenvalue weighted by molar-refractivity contribution is -0.128. The second kappa shape index (κ2) is 7.60. The van der Waals surface area contributed by atoms with Crippen LogP contribution < -0.4 is 5.32 Å².